The fraction of sp³-hybridized carbons (Fsp3) is 0.111. The Morgan fingerprint density at radius 3 is 2.65 bits per heavy atom. The summed E-state index contributed by atoms with van der Waals surface area (Å²) in [5.74, 6) is 0.644. The minimum absolute atomic E-state index is 0.644. The Labute approximate surface area is 133 Å². The molecule has 4 aromatic heterocycles. The molecule has 4 aromatic rings. The molecule has 0 unspecified atom stereocenters. The summed E-state index contributed by atoms with van der Waals surface area (Å²) in [5.41, 5.74) is 5.11. The van der Waals surface area contributed by atoms with Gasteiger partial charge in [0.05, 0.1) is 0 Å². The molecule has 0 aliphatic carbocycles. The molecule has 0 fully saturated rings. The van der Waals surface area contributed by atoms with Gasteiger partial charge in [0, 0.05) is 42.8 Å². The third-order valence-corrected chi connectivity index (χ3v) is 3.75. The van der Waals surface area contributed by atoms with E-state index in [0.717, 1.165) is 34.3 Å². The minimum atomic E-state index is 0.644. The first-order valence-corrected chi connectivity index (χ1v) is 7.44. The van der Waals surface area contributed by atoms with Crippen LogP contribution in [0.4, 0.5) is 0 Å². The van der Waals surface area contributed by atoms with Gasteiger partial charge >= 0.3 is 0 Å². The van der Waals surface area contributed by atoms with E-state index in [9.17, 15) is 0 Å². The zero-order valence-corrected chi connectivity index (χ0v) is 12.7. The molecule has 112 valence electrons. The number of hydrogen-bond acceptors (Lipinski definition) is 4. The molecule has 4 heterocycles. The Bertz CT molecular complexity index is 942. The van der Waals surface area contributed by atoms with Gasteiger partial charge in [-0.15, -0.1) is 0 Å². The van der Waals surface area contributed by atoms with Crippen LogP contribution in [0, 0.1) is 6.92 Å². The molecule has 0 bridgehead atoms. The smallest absolute Gasteiger partial charge is 0.178 e. The van der Waals surface area contributed by atoms with Gasteiger partial charge in [-0.25, -0.2) is 15.0 Å². The normalized spacial score (nSPS) is 11.0. The third-order valence-electron chi connectivity index (χ3n) is 3.75. The van der Waals surface area contributed by atoms with Crippen molar-refractivity contribution >= 4 is 11.0 Å². The second-order valence-electron chi connectivity index (χ2n) is 5.53. The van der Waals surface area contributed by atoms with Gasteiger partial charge in [0.25, 0.3) is 0 Å². The minimum Gasteiger partial charge on any atom is -0.346 e. The number of pyridine rings is 2. The molecule has 0 aromatic carbocycles. The zero-order valence-electron chi connectivity index (χ0n) is 12.7. The highest BCUT2D eigenvalue weighted by Gasteiger charge is 2.07. The summed E-state index contributed by atoms with van der Waals surface area (Å²) in [6.07, 6.45) is 10.1. The van der Waals surface area contributed by atoms with Crippen LogP contribution in [0.1, 0.15) is 16.7 Å². The molecule has 0 aliphatic rings. The number of H-pyrrole nitrogens is 1. The molecule has 0 aliphatic heterocycles. The number of hydrogen-bond donors (Lipinski definition) is 1. The van der Waals surface area contributed by atoms with Crippen molar-refractivity contribution in [3.8, 4) is 11.5 Å². The molecular weight excluding hydrogens is 286 g/mol. The van der Waals surface area contributed by atoms with E-state index in [-0.39, 0.29) is 0 Å². The average Bonchev–Trinajstić information content (AvgIpc) is 2.98. The molecule has 0 saturated carbocycles. The first-order chi connectivity index (χ1) is 11.3. The fourth-order valence-electron chi connectivity index (χ4n) is 2.60. The highest BCUT2D eigenvalue weighted by molar-refractivity contribution is 5.80. The molecule has 0 atom stereocenters. The van der Waals surface area contributed by atoms with Crippen LogP contribution in [-0.2, 0) is 6.42 Å². The van der Waals surface area contributed by atoms with Gasteiger partial charge in [0.2, 0.25) is 0 Å². The van der Waals surface area contributed by atoms with Crippen LogP contribution in [0.25, 0.3) is 22.6 Å². The summed E-state index contributed by atoms with van der Waals surface area (Å²) >= 11 is 0. The first kappa shape index (κ1) is 13.6. The second kappa shape index (κ2) is 5.61. The largest absolute Gasteiger partial charge is 0.346 e. The standard InChI is InChI=1S/C18H15N5/c1-12-6-15-14(11-23-17(15)20-8-12)7-13-9-21-18(22-10-13)16-4-2-3-5-19-16/h2-6,8-11H,7H2,1H3,(H,20,23). The van der Waals surface area contributed by atoms with E-state index in [0.29, 0.717) is 5.82 Å². The predicted molar refractivity (Wildman–Crippen MR) is 88.9 cm³/mol. The average molecular weight is 301 g/mol. The van der Waals surface area contributed by atoms with Crippen molar-refractivity contribution in [3.05, 3.63) is 71.9 Å². The molecule has 0 spiro atoms. The molecular formula is C18H15N5. The van der Waals surface area contributed by atoms with E-state index in [1.54, 1.807) is 6.20 Å². The van der Waals surface area contributed by atoms with E-state index < -0.39 is 0 Å². The number of aromatic amines is 1. The molecule has 0 amide bonds. The van der Waals surface area contributed by atoms with Gasteiger partial charge in [-0.1, -0.05) is 6.07 Å². The SMILES string of the molecule is Cc1cnc2[nH]cc(Cc3cnc(-c4ccccn4)nc3)c2c1. The van der Waals surface area contributed by atoms with Crippen LogP contribution in [0.2, 0.25) is 0 Å². The Morgan fingerprint density at radius 2 is 1.87 bits per heavy atom. The van der Waals surface area contributed by atoms with Gasteiger partial charge in [-0.3, -0.25) is 4.98 Å². The summed E-state index contributed by atoms with van der Waals surface area (Å²) in [7, 11) is 0. The van der Waals surface area contributed by atoms with Crippen molar-refractivity contribution in [1.29, 1.82) is 0 Å². The summed E-state index contributed by atoms with van der Waals surface area (Å²) < 4.78 is 0. The topological polar surface area (TPSA) is 67.3 Å². The van der Waals surface area contributed by atoms with E-state index in [2.05, 4.69) is 31.0 Å². The van der Waals surface area contributed by atoms with Crippen molar-refractivity contribution < 1.29 is 0 Å². The number of aryl methyl sites for hydroxylation is 1. The highest BCUT2D eigenvalue weighted by atomic mass is 14.9. The van der Waals surface area contributed by atoms with Gasteiger partial charge < -0.3 is 4.98 Å². The van der Waals surface area contributed by atoms with Crippen molar-refractivity contribution in [2.75, 3.05) is 0 Å². The quantitative estimate of drug-likeness (QED) is 0.630. The molecule has 5 heteroatoms. The number of fused-ring (bicyclic) bond motifs is 1. The van der Waals surface area contributed by atoms with Gasteiger partial charge in [0.1, 0.15) is 11.3 Å². The van der Waals surface area contributed by atoms with E-state index in [4.69, 9.17) is 0 Å². The van der Waals surface area contributed by atoms with Crippen LogP contribution in [0.3, 0.4) is 0 Å². The van der Waals surface area contributed by atoms with E-state index in [1.165, 1.54) is 5.56 Å². The van der Waals surface area contributed by atoms with Crippen LogP contribution >= 0.6 is 0 Å². The van der Waals surface area contributed by atoms with Gasteiger partial charge in [0.15, 0.2) is 5.82 Å². The molecule has 0 radical (unpaired) electrons. The third kappa shape index (κ3) is 2.68. The molecule has 0 saturated heterocycles. The maximum atomic E-state index is 4.43. The van der Waals surface area contributed by atoms with Crippen LogP contribution in [0.15, 0.2) is 55.2 Å². The summed E-state index contributed by atoms with van der Waals surface area (Å²) in [5, 5.41) is 1.15. The van der Waals surface area contributed by atoms with Crippen LogP contribution < -0.4 is 0 Å². The molecule has 23 heavy (non-hydrogen) atoms. The zero-order chi connectivity index (χ0) is 15.6. The monoisotopic (exact) mass is 301 g/mol. The lowest BCUT2D eigenvalue weighted by Gasteiger charge is -2.02. The van der Waals surface area contributed by atoms with Crippen molar-refractivity contribution in [3.63, 3.8) is 0 Å². The van der Waals surface area contributed by atoms with E-state index in [1.807, 2.05) is 49.9 Å². The highest BCUT2D eigenvalue weighted by Crippen LogP contribution is 2.20. The van der Waals surface area contributed by atoms with E-state index >= 15 is 0 Å². The Kier molecular flexibility index (Phi) is 3.31. The van der Waals surface area contributed by atoms with Crippen molar-refractivity contribution in [2.24, 2.45) is 0 Å². The second-order valence-corrected chi connectivity index (χ2v) is 5.53. The van der Waals surface area contributed by atoms with Gasteiger partial charge in [-0.2, -0.15) is 0 Å². The lowest BCUT2D eigenvalue weighted by atomic mass is 10.1. The maximum Gasteiger partial charge on any atom is 0.178 e. The molecule has 4 rings (SSSR count). The lowest BCUT2D eigenvalue weighted by molar-refractivity contribution is 1.07. The molecule has 1 N–H and O–H groups in total. The summed E-state index contributed by atoms with van der Waals surface area (Å²) in [6, 6.07) is 7.87. The predicted octanol–water partition coefficient (Wildman–Crippen LogP) is 3.31. The summed E-state index contributed by atoms with van der Waals surface area (Å²) in [4.78, 5) is 20.7. The Morgan fingerprint density at radius 1 is 1.00 bits per heavy atom. The van der Waals surface area contributed by atoms with Gasteiger partial charge in [-0.05, 0) is 41.8 Å². The lowest BCUT2D eigenvalue weighted by Crippen LogP contribution is -1.95. The number of nitrogens with one attached hydrogen (secondary N) is 1. The van der Waals surface area contributed by atoms with Crippen molar-refractivity contribution in [1.82, 2.24) is 24.9 Å². The van der Waals surface area contributed by atoms with Crippen LogP contribution in [0.5, 0.6) is 0 Å². The number of nitrogens with zero attached hydrogens (tertiary/aromatic N) is 4. The molecule has 5 nitrogen and oxygen atoms in total. The fourth-order valence-corrected chi connectivity index (χ4v) is 2.60. The Hall–Kier alpha value is -3.08. The summed E-state index contributed by atoms with van der Waals surface area (Å²) in [6.45, 7) is 2.05. The maximum absolute atomic E-state index is 4.43. The van der Waals surface area contributed by atoms with Crippen LogP contribution in [-0.4, -0.2) is 24.9 Å². The van der Waals surface area contributed by atoms with Crippen molar-refractivity contribution in [2.45, 2.75) is 13.3 Å². The number of rotatable bonds is 3. The Balaban J connectivity index is 1.62. The number of aromatic nitrogens is 5. The first-order valence-electron chi connectivity index (χ1n) is 7.44.